The van der Waals surface area contributed by atoms with Crippen molar-refractivity contribution in [3.63, 3.8) is 0 Å². The molecule has 12 heavy (non-hydrogen) atoms. The van der Waals surface area contributed by atoms with Gasteiger partial charge in [-0.2, -0.15) is 0 Å². The van der Waals surface area contributed by atoms with Gasteiger partial charge in [-0.1, -0.05) is 6.08 Å². The summed E-state index contributed by atoms with van der Waals surface area (Å²) in [6.07, 6.45) is 4.54. The highest BCUT2D eigenvalue weighted by Gasteiger charge is 1.97. The molecule has 70 valence electrons. The summed E-state index contributed by atoms with van der Waals surface area (Å²) in [4.78, 5) is 10.3. The second-order valence-corrected chi connectivity index (χ2v) is 2.68. The lowest BCUT2D eigenvalue weighted by Crippen LogP contribution is -1.95. The SMILES string of the molecule is COCCCCC=C(C)C(=O)O. The molecule has 1 N–H and O–H groups in total. The average Bonchev–Trinajstić information content (AvgIpc) is 2.03. The molecule has 0 spiro atoms. The van der Waals surface area contributed by atoms with Crippen molar-refractivity contribution in [1.82, 2.24) is 0 Å². The van der Waals surface area contributed by atoms with Crippen molar-refractivity contribution in [2.24, 2.45) is 0 Å². The smallest absolute Gasteiger partial charge is 0.330 e. The topological polar surface area (TPSA) is 46.5 Å². The number of carboxylic acid groups (broad SMARTS) is 1. The van der Waals surface area contributed by atoms with E-state index in [1.54, 1.807) is 20.1 Å². The molecule has 0 rings (SSSR count). The lowest BCUT2D eigenvalue weighted by Gasteiger charge is -1.96. The number of unbranched alkanes of at least 4 members (excludes halogenated alkanes) is 2. The minimum Gasteiger partial charge on any atom is -0.478 e. The standard InChI is InChI=1S/C9H16O3/c1-8(9(10)11)6-4-3-5-7-12-2/h6H,3-5,7H2,1-2H3,(H,10,11). The van der Waals surface area contributed by atoms with E-state index in [-0.39, 0.29) is 0 Å². The van der Waals surface area contributed by atoms with E-state index in [1.165, 1.54) is 0 Å². The van der Waals surface area contributed by atoms with Gasteiger partial charge in [0.1, 0.15) is 0 Å². The van der Waals surface area contributed by atoms with Crippen LogP contribution in [0.5, 0.6) is 0 Å². The Kier molecular flexibility index (Phi) is 6.38. The van der Waals surface area contributed by atoms with Crippen molar-refractivity contribution >= 4 is 5.97 Å². The zero-order valence-electron chi connectivity index (χ0n) is 7.67. The van der Waals surface area contributed by atoms with E-state index in [1.807, 2.05) is 0 Å². The lowest BCUT2D eigenvalue weighted by atomic mass is 10.2. The molecule has 0 aromatic heterocycles. The van der Waals surface area contributed by atoms with Crippen molar-refractivity contribution in [2.45, 2.75) is 26.2 Å². The number of hydrogen-bond donors (Lipinski definition) is 1. The second kappa shape index (κ2) is 6.85. The van der Waals surface area contributed by atoms with Gasteiger partial charge in [0, 0.05) is 19.3 Å². The van der Waals surface area contributed by atoms with Crippen LogP contribution in [0.1, 0.15) is 26.2 Å². The molecule has 0 aromatic carbocycles. The van der Waals surface area contributed by atoms with Crippen LogP contribution < -0.4 is 0 Å². The Balaban J connectivity index is 3.40. The summed E-state index contributed by atoms with van der Waals surface area (Å²) < 4.78 is 4.86. The van der Waals surface area contributed by atoms with Gasteiger partial charge in [-0.25, -0.2) is 4.79 Å². The van der Waals surface area contributed by atoms with Crippen molar-refractivity contribution in [3.05, 3.63) is 11.6 Å². The summed E-state index contributed by atoms with van der Waals surface area (Å²) in [6, 6.07) is 0. The molecule has 0 heterocycles. The molecule has 0 saturated carbocycles. The highest BCUT2D eigenvalue weighted by Crippen LogP contribution is 2.01. The molecule has 0 bridgehead atoms. The average molecular weight is 172 g/mol. The molecular formula is C9H16O3. The molecule has 0 aromatic rings. The molecule has 0 aliphatic rings. The van der Waals surface area contributed by atoms with E-state index < -0.39 is 5.97 Å². The maximum Gasteiger partial charge on any atom is 0.330 e. The quantitative estimate of drug-likeness (QED) is 0.491. The molecule has 0 atom stereocenters. The van der Waals surface area contributed by atoms with E-state index in [0.29, 0.717) is 5.57 Å². The Bertz CT molecular complexity index is 161. The Morgan fingerprint density at radius 2 is 2.17 bits per heavy atom. The Hall–Kier alpha value is -0.830. The van der Waals surface area contributed by atoms with E-state index in [0.717, 1.165) is 25.9 Å². The number of rotatable bonds is 6. The summed E-state index contributed by atoms with van der Waals surface area (Å²) in [5.41, 5.74) is 0.424. The van der Waals surface area contributed by atoms with Gasteiger partial charge in [0.2, 0.25) is 0 Å². The lowest BCUT2D eigenvalue weighted by molar-refractivity contribution is -0.132. The molecule has 3 heteroatoms. The van der Waals surface area contributed by atoms with E-state index >= 15 is 0 Å². The number of hydrogen-bond acceptors (Lipinski definition) is 2. The zero-order valence-corrected chi connectivity index (χ0v) is 7.67. The summed E-state index contributed by atoms with van der Waals surface area (Å²) in [5.74, 6) is -0.832. The van der Waals surface area contributed by atoms with Crippen LogP contribution in [0.4, 0.5) is 0 Å². The summed E-state index contributed by atoms with van der Waals surface area (Å²) in [5, 5.41) is 8.49. The molecule has 0 amide bonds. The van der Waals surface area contributed by atoms with Crippen LogP contribution in [0, 0.1) is 0 Å². The molecule has 0 radical (unpaired) electrons. The number of allylic oxidation sites excluding steroid dienone is 1. The van der Waals surface area contributed by atoms with Gasteiger partial charge in [0.25, 0.3) is 0 Å². The van der Waals surface area contributed by atoms with Crippen LogP contribution in [0.3, 0.4) is 0 Å². The van der Waals surface area contributed by atoms with Gasteiger partial charge in [0.05, 0.1) is 0 Å². The Morgan fingerprint density at radius 1 is 1.50 bits per heavy atom. The van der Waals surface area contributed by atoms with Crippen LogP contribution in [0.2, 0.25) is 0 Å². The fourth-order valence-electron chi connectivity index (χ4n) is 0.797. The summed E-state index contributed by atoms with van der Waals surface area (Å²) in [6.45, 7) is 2.36. The van der Waals surface area contributed by atoms with Crippen LogP contribution >= 0.6 is 0 Å². The molecular weight excluding hydrogens is 156 g/mol. The van der Waals surface area contributed by atoms with Gasteiger partial charge < -0.3 is 9.84 Å². The van der Waals surface area contributed by atoms with E-state index in [9.17, 15) is 4.79 Å². The summed E-state index contributed by atoms with van der Waals surface area (Å²) >= 11 is 0. The fraction of sp³-hybridized carbons (Fsp3) is 0.667. The molecule has 0 aliphatic carbocycles. The van der Waals surface area contributed by atoms with Crippen LogP contribution in [0.15, 0.2) is 11.6 Å². The van der Waals surface area contributed by atoms with Gasteiger partial charge in [-0.05, 0) is 26.2 Å². The first-order valence-electron chi connectivity index (χ1n) is 4.07. The van der Waals surface area contributed by atoms with Gasteiger partial charge in [-0.15, -0.1) is 0 Å². The number of methoxy groups -OCH3 is 1. The number of aliphatic carboxylic acids is 1. The first kappa shape index (κ1) is 11.2. The van der Waals surface area contributed by atoms with Crippen molar-refractivity contribution in [2.75, 3.05) is 13.7 Å². The van der Waals surface area contributed by atoms with Crippen molar-refractivity contribution in [3.8, 4) is 0 Å². The maximum absolute atomic E-state index is 10.3. The third-order valence-corrected chi connectivity index (χ3v) is 1.59. The maximum atomic E-state index is 10.3. The van der Waals surface area contributed by atoms with Crippen LogP contribution in [-0.4, -0.2) is 24.8 Å². The normalized spacial score (nSPS) is 11.7. The highest BCUT2D eigenvalue weighted by molar-refractivity contribution is 5.85. The molecule has 0 saturated heterocycles. The molecule has 3 nitrogen and oxygen atoms in total. The predicted molar refractivity (Wildman–Crippen MR) is 47.1 cm³/mol. The zero-order chi connectivity index (χ0) is 9.40. The fourth-order valence-corrected chi connectivity index (χ4v) is 0.797. The number of carbonyl (C=O) groups is 1. The number of carboxylic acids is 1. The predicted octanol–water partition coefficient (Wildman–Crippen LogP) is 1.83. The number of ether oxygens (including phenoxy) is 1. The van der Waals surface area contributed by atoms with E-state index in [2.05, 4.69) is 0 Å². The minimum atomic E-state index is -0.832. The first-order chi connectivity index (χ1) is 5.68. The molecule has 0 fully saturated rings. The van der Waals surface area contributed by atoms with E-state index in [4.69, 9.17) is 9.84 Å². The minimum absolute atomic E-state index is 0.424. The monoisotopic (exact) mass is 172 g/mol. The van der Waals surface area contributed by atoms with Gasteiger partial charge >= 0.3 is 5.97 Å². The highest BCUT2D eigenvalue weighted by atomic mass is 16.5. The Labute approximate surface area is 73.0 Å². The van der Waals surface area contributed by atoms with Crippen LogP contribution in [-0.2, 0) is 9.53 Å². The summed E-state index contributed by atoms with van der Waals surface area (Å²) in [7, 11) is 1.67. The second-order valence-electron chi connectivity index (χ2n) is 2.68. The van der Waals surface area contributed by atoms with Gasteiger partial charge in [-0.3, -0.25) is 0 Å². The first-order valence-corrected chi connectivity index (χ1v) is 4.07. The molecule has 0 unspecified atom stereocenters. The third-order valence-electron chi connectivity index (χ3n) is 1.59. The largest absolute Gasteiger partial charge is 0.478 e. The Morgan fingerprint density at radius 3 is 2.67 bits per heavy atom. The van der Waals surface area contributed by atoms with Crippen LogP contribution in [0.25, 0.3) is 0 Å². The molecule has 0 aliphatic heterocycles. The van der Waals surface area contributed by atoms with Crippen molar-refractivity contribution < 1.29 is 14.6 Å². The van der Waals surface area contributed by atoms with Gasteiger partial charge in [0.15, 0.2) is 0 Å². The third kappa shape index (κ3) is 5.92. The van der Waals surface area contributed by atoms with Crippen molar-refractivity contribution in [1.29, 1.82) is 0 Å².